The van der Waals surface area contributed by atoms with Crippen molar-refractivity contribution in [3.63, 3.8) is 0 Å². The maximum absolute atomic E-state index is 13.4. The number of likely N-dealkylation sites (tertiary alicyclic amines) is 1. The fourth-order valence-electron chi connectivity index (χ4n) is 4.45. The maximum Gasteiger partial charge on any atom is 0.253 e. The molecule has 1 saturated heterocycles. The van der Waals surface area contributed by atoms with Crippen molar-refractivity contribution in [1.82, 2.24) is 30.1 Å². The van der Waals surface area contributed by atoms with Crippen LogP contribution < -0.4 is 15.0 Å². The van der Waals surface area contributed by atoms with E-state index in [9.17, 15) is 4.79 Å². The van der Waals surface area contributed by atoms with Crippen LogP contribution in [-0.4, -0.2) is 57.4 Å². The van der Waals surface area contributed by atoms with Gasteiger partial charge in [-0.15, -0.1) is 5.10 Å². The summed E-state index contributed by atoms with van der Waals surface area (Å²) in [7, 11) is 3.19. The zero-order valence-corrected chi connectivity index (χ0v) is 19.5. The van der Waals surface area contributed by atoms with Crippen LogP contribution in [0.15, 0.2) is 23.0 Å². The Morgan fingerprint density at radius 1 is 1.00 bits per heavy atom. The predicted octanol–water partition coefficient (Wildman–Crippen LogP) is 3.25. The quantitative estimate of drug-likeness (QED) is 0.650. The van der Waals surface area contributed by atoms with Crippen LogP contribution in [0.1, 0.15) is 63.9 Å². The summed E-state index contributed by atoms with van der Waals surface area (Å²) in [5.41, 5.74) is 0.860. The number of nitrogens with zero attached hydrogens (tertiary/aromatic N) is 5. The van der Waals surface area contributed by atoms with Crippen molar-refractivity contribution in [3.05, 3.63) is 39.9 Å². The van der Waals surface area contributed by atoms with Gasteiger partial charge < -0.3 is 14.5 Å². The standard InChI is InChI=1S/C23H32N6O3/c1-23(2,3)29-21(25-26-27-29)20(28-10-8-6-7-9-11-28)16-12-15-13-18(31-4)19(32-5)14-17(15)24-22(16)30/h12-14,20H,6-11H2,1-5H3,(H,24,30). The third kappa shape index (κ3) is 4.21. The number of fused-ring (bicyclic) bond motifs is 1. The highest BCUT2D eigenvalue weighted by Gasteiger charge is 2.33. The lowest BCUT2D eigenvalue weighted by atomic mass is 10.0. The minimum absolute atomic E-state index is 0.151. The summed E-state index contributed by atoms with van der Waals surface area (Å²) < 4.78 is 12.7. The van der Waals surface area contributed by atoms with Crippen LogP contribution in [0, 0.1) is 0 Å². The van der Waals surface area contributed by atoms with Gasteiger partial charge in [0.15, 0.2) is 17.3 Å². The van der Waals surface area contributed by atoms with Crippen molar-refractivity contribution < 1.29 is 9.47 Å². The van der Waals surface area contributed by atoms with E-state index >= 15 is 0 Å². The number of hydrogen-bond acceptors (Lipinski definition) is 7. The van der Waals surface area contributed by atoms with E-state index in [0.29, 0.717) is 28.4 Å². The average Bonchev–Trinajstić information content (AvgIpc) is 3.10. The summed E-state index contributed by atoms with van der Waals surface area (Å²) in [6.45, 7) is 7.98. The number of nitrogens with one attached hydrogen (secondary N) is 1. The van der Waals surface area contributed by atoms with Crippen LogP contribution in [0.25, 0.3) is 10.9 Å². The molecule has 3 heterocycles. The van der Waals surface area contributed by atoms with E-state index < -0.39 is 0 Å². The Bertz CT molecular complexity index is 1140. The number of tetrazole rings is 1. The molecule has 1 aliphatic heterocycles. The highest BCUT2D eigenvalue weighted by atomic mass is 16.5. The zero-order chi connectivity index (χ0) is 22.9. The molecule has 1 fully saturated rings. The highest BCUT2D eigenvalue weighted by Crippen LogP contribution is 2.34. The summed E-state index contributed by atoms with van der Waals surface area (Å²) in [5, 5.41) is 13.5. The Kier molecular flexibility index (Phi) is 6.19. The van der Waals surface area contributed by atoms with Crippen molar-refractivity contribution in [2.75, 3.05) is 27.3 Å². The number of pyridine rings is 1. The number of benzene rings is 1. The van der Waals surface area contributed by atoms with Crippen molar-refractivity contribution >= 4 is 10.9 Å². The number of hydrogen-bond donors (Lipinski definition) is 1. The predicted molar refractivity (Wildman–Crippen MR) is 122 cm³/mol. The van der Waals surface area contributed by atoms with Gasteiger partial charge in [-0.25, -0.2) is 4.68 Å². The number of aromatic nitrogens is 5. The Hall–Kier alpha value is -2.94. The minimum atomic E-state index is -0.344. The molecule has 0 saturated carbocycles. The first-order valence-electron chi connectivity index (χ1n) is 11.1. The molecule has 1 aliphatic rings. The van der Waals surface area contributed by atoms with Crippen molar-refractivity contribution in [2.24, 2.45) is 0 Å². The molecule has 32 heavy (non-hydrogen) atoms. The first-order chi connectivity index (χ1) is 15.3. The van der Waals surface area contributed by atoms with E-state index in [2.05, 4.69) is 46.2 Å². The molecule has 1 N–H and O–H groups in total. The Labute approximate surface area is 187 Å². The smallest absolute Gasteiger partial charge is 0.253 e. The molecular weight excluding hydrogens is 408 g/mol. The normalized spacial score (nSPS) is 16.7. The number of methoxy groups -OCH3 is 2. The van der Waals surface area contributed by atoms with Crippen molar-refractivity contribution in [1.29, 1.82) is 0 Å². The molecule has 1 atom stereocenters. The van der Waals surface area contributed by atoms with E-state index in [1.807, 2.05) is 16.8 Å². The fraction of sp³-hybridized carbons (Fsp3) is 0.565. The highest BCUT2D eigenvalue weighted by molar-refractivity contribution is 5.83. The largest absolute Gasteiger partial charge is 0.493 e. The molecule has 9 heteroatoms. The average molecular weight is 441 g/mol. The van der Waals surface area contributed by atoms with Crippen LogP contribution in [0.3, 0.4) is 0 Å². The second kappa shape index (κ2) is 8.90. The molecule has 0 amide bonds. The molecule has 1 unspecified atom stereocenters. The molecular formula is C23H32N6O3. The summed E-state index contributed by atoms with van der Waals surface area (Å²) in [6, 6.07) is 5.27. The summed E-state index contributed by atoms with van der Waals surface area (Å²) in [4.78, 5) is 18.8. The monoisotopic (exact) mass is 440 g/mol. The minimum Gasteiger partial charge on any atom is -0.493 e. The first-order valence-corrected chi connectivity index (χ1v) is 11.1. The fourth-order valence-corrected chi connectivity index (χ4v) is 4.45. The van der Waals surface area contributed by atoms with Gasteiger partial charge in [-0.3, -0.25) is 9.69 Å². The Morgan fingerprint density at radius 2 is 1.66 bits per heavy atom. The summed E-state index contributed by atoms with van der Waals surface area (Å²) >= 11 is 0. The lowest BCUT2D eigenvalue weighted by Crippen LogP contribution is -2.38. The lowest BCUT2D eigenvalue weighted by Gasteiger charge is -2.31. The third-order valence-electron chi connectivity index (χ3n) is 6.05. The van der Waals surface area contributed by atoms with Gasteiger partial charge in [-0.05, 0) is 69.3 Å². The Morgan fingerprint density at radius 3 is 2.28 bits per heavy atom. The van der Waals surface area contributed by atoms with E-state index in [4.69, 9.17) is 9.47 Å². The van der Waals surface area contributed by atoms with Gasteiger partial charge >= 0.3 is 0 Å². The van der Waals surface area contributed by atoms with Gasteiger partial charge in [0, 0.05) is 17.0 Å². The molecule has 0 aliphatic carbocycles. The molecule has 4 rings (SSSR count). The van der Waals surface area contributed by atoms with Gasteiger partial charge in [-0.2, -0.15) is 0 Å². The van der Waals surface area contributed by atoms with E-state index in [0.717, 1.165) is 31.3 Å². The maximum atomic E-state index is 13.4. The van der Waals surface area contributed by atoms with Gasteiger partial charge in [-0.1, -0.05) is 12.8 Å². The molecule has 0 bridgehead atoms. The Balaban J connectivity index is 1.92. The van der Waals surface area contributed by atoms with Crippen LogP contribution in [0.4, 0.5) is 0 Å². The van der Waals surface area contributed by atoms with Crippen LogP contribution in [0.2, 0.25) is 0 Å². The van der Waals surface area contributed by atoms with Gasteiger partial charge in [0.2, 0.25) is 0 Å². The van der Waals surface area contributed by atoms with Gasteiger partial charge in [0.05, 0.1) is 25.3 Å². The summed E-state index contributed by atoms with van der Waals surface area (Å²) in [5.74, 6) is 1.87. The lowest BCUT2D eigenvalue weighted by molar-refractivity contribution is 0.208. The molecule has 3 aromatic rings. The van der Waals surface area contributed by atoms with E-state index in [1.165, 1.54) is 12.8 Å². The second-order valence-electron chi connectivity index (χ2n) is 9.32. The van der Waals surface area contributed by atoms with Crippen molar-refractivity contribution in [2.45, 2.75) is 58.0 Å². The SMILES string of the molecule is COc1cc2cc(C(c3nnnn3C(C)(C)C)N3CCCCCC3)c(=O)[nH]c2cc1OC. The van der Waals surface area contributed by atoms with Crippen molar-refractivity contribution in [3.8, 4) is 11.5 Å². The van der Waals surface area contributed by atoms with Gasteiger partial charge in [0.1, 0.15) is 6.04 Å². The van der Waals surface area contributed by atoms with Crippen LogP contribution >= 0.6 is 0 Å². The molecule has 0 radical (unpaired) electrons. The molecule has 2 aromatic heterocycles. The van der Waals surface area contributed by atoms with E-state index in [-0.39, 0.29) is 17.1 Å². The number of ether oxygens (including phenoxy) is 2. The number of aromatic amines is 1. The second-order valence-corrected chi connectivity index (χ2v) is 9.32. The zero-order valence-electron chi connectivity index (χ0n) is 19.5. The van der Waals surface area contributed by atoms with Crippen LogP contribution in [-0.2, 0) is 5.54 Å². The van der Waals surface area contributed by atoms with Crippen LogP contribution in [0.5, 0.6) is 11.5 Å². The number of H-pyrrole nitrogens is 1. The summed E-state index contributed by atoms with van der Waals surface area (Å²) in [6.07, 6.45) is 4.56. The van der Waals surface area contributed by atoms with E-state index in [1.54, 1.807) is 20.3 Å². The topological polar surface area (TPSA) is 98.2 Å². The molecule has 172 valence electrons. The van der Waals surface area contributed by atoms with Gasteiger partial charge in [0.25, 0.3) is 5.56 Å². The number of rotatable bonds is 5. The molecule has 0 spiro atoms. The third-order valence-corrected chi connectivity index (χ3v) is 6.05. The first kappa shape index (κ1) is 22.3. The molecule has 9 nitrogen and oxygen atoms in total. The molecule has 1 aromatic carbocycles.